The van der Waals surface area contributed by atoms with Gasteiger partial charge in [-0.3, -0.25) is 4.68 Å². The van der Waals surface area contributed by atoms with Crippen molar-refractivity contribution in [2.45, 2.75) is 12.8 Å². The Hall–Kier alpha value is -2.77. The Morgan fingerprint density at radius 1 is 1.21 bits per heavy atom. The third kappa shape index (κ3) is 2.86. The molecule has 124 valence electrons. The van der Waals surface area contributed by atoms with E-state index in [2.05, 4.69) is 25.7 Å². The van der Waals surface area contributed by atoms with E-state index in [-0.39, 0.29) is 0 Å². The van der Waals surface area contributed by atoms with Crippen LogP contribution >= 0.6 is 0 Å². The first-order valence-corrected chi connectivity index (χ1v) is 7.76. The van der Waals surface area contributed by atoms with Gasteiger partial charge in [-0.15, -0.1) is 0 Å². The van der Waals surface area contributed by atoms with Gasteiger partial charge >= 0.3 is 0 Å². The number of nitrogens with zero attached hydrogens (tertiary/aromatic N) is 4. The smallest absolute Gasteiger partial charge is 0.231 e. The Balaban J connectivity index is 1.68. The average molecular weight is 330 g/mol. The minimum Gasteiger partial charge on any atom is -0.369 e. The molecule has 1 aliphatic carbocycles. The molecule has 0 unspecified atom stereocenters. The highest BCUT2D eigenvalue weighted by molar-refractivity contribution is 5.87. The largest absolute Gasteiger partial charge is 0.369 e. The SMILES string of the molecule is Cn1ncc2c(NCC3CC3)nc(Nc3ccc(F)c(F)c3)nc21. The molecule has 1 aromatic carbocycles. The summed E-state index contributed by atoms with van der Waals surface area (Å²) in [5.74, 6) is -0.140. The second kappa shape index (κ2) is 5.70. The number of benzene rings is 1. The minimum atomic E-state index is -0.923. The topological polar surface area (TPSA) is 67.7 Å². The van der Waals surface area contributed by atoms with E-state index in [9.17, 15) is 8.78 Å². The van der Waals surface area contributed by atoms with Crippen molar-refractivity contribution in [3.63, 3.8) is 0 Å². The van der Waals surface area contributed by atoms with Gasteiger partial charge in [-0.05, 0) is 30.9 Å². The average Bonchev–Trinajstić information content (AvgIpc) is 3.32. The summed E-state index contributed by atoms with van der Waals surface area (Å²) >= 11 is 0. The first-order chi connectivity index (χ1) is 11.6. The van der Waals surface area contributed by atoms with Crippen LogP contribution in [0.1, 0.15) is 12.8 Å². The van der Waals surface area contributed by atoms with E-state index in [4.69, 9.17) is 0 Å². The van der Waals surface area contributed by atoms with Crippen molar-refractivity contribution in [3.8, 4) is 0 Å². The van der Waals surface area contributed by atoms with Crippen LogP contribution in [0.25, 0.3) is 11.0 Å². The Labute approximate surface area is 136 Å². The van der Waals surface area contributed by atoms with Crippen LogP contribution in [0.2, 0.25) is 0 Å². The number of halogens is 2. The Bertz CT molecular complexity index is 903. The summed E-state index contributed by atoms with van der Waals surface area (Å²) in [5, 5.41) is 11.3. The van der Waals surface area contributed by atoms with E-state index >= 15 is 0 Å². The molecule has 2 aromatic heterocycles. The van der Waals surface area contributed by atoms with Gasteiger partial charge in [0.2, 0.25) is 5.95 Å². The highest BCUT2D eigenvalue weighted by Crippen LogP contribution is 2.30. The summed E-state index contributed by atoms with van der Waals surface area (Å²) in [7, 11) is 1.79. The summed E-state index contributed by atoms with van der Waals surface area (Å²) in [6.45, 7) is 0.853. The molecule has 3 aromatic rings. The van der Waals surface area contributed by atoms with Gasteiger partial charge in [0.15, 0.2) is 17.3 Å². The van der Waals surface area contributed by atoms with Gasteiger partial charge in [0.1, 0.15) is 5.82 Å². The van der Waals surface area contributed by atoms with E-state index in [0.29, 0.717) is 29.0 Å². The fourth-order valence-corrected chi connectivity index (χ4v) is 2.48. The number of rotatable bonds is 5. The molecule has 0 bridgehead atoms. The molecule has 8 heteroatoms. The Morgan fingerprint density at radius 3 is 2.79 bits per heavy atom. The van der Waals surface area contributed by atoms with Crippen molar-refractivity contribution >= 4 is 28.5 Å². The van der Waals surface area contributed by atoms with Gasteiger partial charge < -0.3 is 10.6 Å². The lowest BCUT2D eigenvalue weighted by molar-refractivity contribution is 0.509. The molecule has 1 saturated carbocycles. The Morgan fingerprint density at radius 2 is 2.04 bits per heavy atom. The van der Waals surface area contributed by atoms with Crippen LogP contribution in [-0.2, 0) is 7.05 Å². The van der Waals surface area contributed by atoms with Crippen molar-refractivity contribution in [1.29, 1.82) is 0 Å². The normalized spacial score (nSPS) is 14.1. The summed E-state index contributed by atoms with van der Waals surface area (Å²) in [6, 6.07) is 3.57. The lowest BCUT2D eigenvalue weighted by atomic mass is 10.3. The maximum absolute atomic E-state index is 13.4. The maximum atomic E-state index is 13.4. The number of fused-ring (bicyclic) bond motifs is 1. The third-order valence-electron chi connectivity index (χ3n) is 4.02. The van der Waals surface area contributed by atoms with Crippen LogP contribution < -0.4 is 10.6 Å². The number of anilines is 3. The monoisotopic (exact) mass is 330 g/mol. The van der Waals surface area contributed by atoms with Crippen molar-refractivity contribution in [1.82, 2.24) is 19.7 Å². The number of hydrogen-bond donors (Lipinski definition) is 2. The van der Waals surface area contributed by atoms with Crippen LogP contribution in [-0.4, -0.2) is 26.3 Å². The molecule has 0 amide bonds. The zero-order chi connectivity index (χ0) is 16.7. The highest BCUT2D eigenvalue weighted by Gasteiger charge is 2.22. The molecule has 0 spiro atoms. The molecule has 1 fully saturated rings. The molecule has 2 N–H and O–H groups in total. The fraction of sp³-hybridized carbons (Fsp3) is 0.312. The summed E-state index contributed by atoms with van der Waals surface area (Å²) in [5.41, 5.74) is 1.04. The van der Waals surface area contributed by atoms with Gasteiger partial charge in [-0.1, -0.05) is 0 Å². The molecule has 0 saturated heterocycles. The van der Waals surface area contributed by atoms with Crippen LogP contribution in [0.15, 0.2) is 24.4 Å². The van der Waals surface area contributed by atoms with Gasteiger partial charge in [-0.25, -0.2) is 8.78 Å². The maximum Gasteiger partial charge on any atom is 0.231 e. The molecule has 0 radical (unpaired) electrons. The fourth-order valence-electron chi connectivity index (χ4n) is 2.48. The second-order valence-electron chi connectivity index (χ2n) is 5.98. The van der Waals surface area contributed by atoms with E-state index in [0.717, 1.165) is 24.1 Å². The van der Waals surface area contributed by atoms with E-state index in [1.807, 2.05) is 0 Å². The van der Waals surface area contributed by atoms with Crippen molar-refractivity contribution in [2.24, 2.45) is 13.0 Å². The quantitative estimate of drug-likeness (QED) is 0.752. The minimum absolute atomic E-state index is 0.301. The number of aryl methyl sites for hydroxylation is 1. The second-order valence-corrected chi connectivity index (χ2v) is 5.98. The highest BCUT2D eigenvalue weighted by atomic mass is 19.2. The first-order valence-electron chi connectivity index (χ1n) is 7.76. The third-order valence-corrected chi connectivity index (χ3v) is 4.02. The van der Waals surface area contributed by atoms with Crippen molar-refractivity contribution in [2.75, 3.05) is 17.2 Å². The predicted molar refractivity (Wildman–Crippen MR) is 87.2 cm³/mol. The number of aromatic nitrogens is 4. The molecule has 0 atom stereocenters. The van der Waals surface area contributed by atoms with Gasteiger partial charge in [0.25, 0.3) is 0 Å². The standard InChI is InChI=1S/C16H16F2N6/c1-24-15-11(8-20-24)14(19-7-9-2-3-9)22-16(23-15)21-10-4-5-12(17)13(18)6-10/h4-6,8-9H,2-3,7H2,1H3,(H2,19,21,22,23). The predicted octanol–water partition coefficient (Wildman–Crippen LogP) is 3.21. The zero-order valence-corrected chi connectivity index (χ0v) is 13.1. The molecule has 1 aliphatic rings. The molecule has 0 aliphatic heterocycles. The van der Waals surface area contributed by atoms with Gasteiger partial charge in [0.05, 0.1) is 11.6 Å². The van der Waals surface area contributed by atoms with Crippen LogP contribution in [0.5, 0.6) is 0 Å². The van der Waals surface area contributed by atoms with Crippen LogP contribution in [0, 0.1) is 17.6 Å². The van der Waals surface area contributed by atoms with Crippen molar-refractivity contribution in [3.05, 3.63) is 36.0 Å². The van der Waals surface area contributed by atoms with Crippen LogP contribution in [0.4, 0.5) is 26.2 Å². The van der Waals surface area contributed by atoms with Crippen molar-refractivity contribution < 1.29 is 8.78 Å². The molecule has 24 heavy (non-hydrogen) atoms. The Kier molecular flexibility index (Phi) is 3.51. The summed E-state index contributed by atoms with van der Waals surface area (Å²) in [4.78, 5) is 8.87. The first kappa shape index (κ1) is 14.8. The van der Waals surface area contributed by atoms with Crippen LogP contribution in [0.3, 0.4) is 0 Å². The molecular formula is C16H16F2N6. The lowest BCUT2D eigenvalue weighted by Gasteiger charge is -2.10. The molecular weight excluding hydrogens is 314 g/mol. The molecule has 2 heterocycles. The zero-order valence-electron chi connectivity index (χ0n) is 13.1. The summed E-state index contributed by atoms with van der Waals surface area (Å²) < 4.78 is 28.1. The molecule has 6 nitrogen and oxygen atoms in total. The number of nitrogens with one attached hydrogen (secondary N) is 2. The van der Waals surface area contributed by atoms with E-state index in [1.165, 1.54) is 18.9 Å². The number of hydrogen-bond acceptors (Lipinski definition) is 5. The van der Waals surface area contributed by atoms with E-state index < -0.39 is 11.6 Å². The summed E-state index contributed by atoms with van der Waals surface area (Å²) in [6.07, 6.45) is 4.17. The van der Waals surface area contributed by atoms with Gasteiger partial charge in [-0.2, -0.15) is 15.1 Å². The lowest BCUT2D eigenvalue weighted by Crippen LogP contribution is -2.08. The van der Waals surface area contributed by atoms with E-state index in [1.54, 1.807) is 17.9 Å². The molecule has 4 rings (SSSR count). The van der Waals surface area contributed by atoms with Gasteiger partial charge in [0, 0.05) is 25.3 Å².